The van der Waals surface area contributed by atoms with E-state index in [1.807, 2.05) is 0 Å². The van der Waals surface area contributed by atoms with E-state index in [9.17, 15) is 57.9 Å². The highest BCUT2D eigenvalue weighted by Crippen LogP contribution is 2.56. The van der Waals surface area contributed by atoms with E-state index in [1.165, 1.54) is 65.2 Å². The third-order valence-electron chi connectivity index (χ3n) is 10.2. The van der Waals surface area contributed by atoms with Crippen molar-refractivity contribution in [1.82, 2.24) is 30.2 Å². The number of anilines is 1. The highest BCUT2D eigenvalue weighted by Gasteiger charge is 2.47. The number of phosphoric ester groups is 3. The van der Waals surface area contributed by atoms with Crippen molar-refractivity contribution in [2.45, 2.75) is 142 Å². The van der Waals surface area contributed by atoms with E-state index in [0.717, 1.165) is 54.2 Å². The molecule has 0 saturated carbocycles. The summed E-state index contributed by atoms with van der Waals surface area (Å²) in [4.78, 5) is 96.7. The van der Waals surface area contributed by atoms with Crippen LogP contribution in [0.1, 0.15) is 117 Å². The van der Waals surface area contributed by atoms with Crippen LogP contribution in [0.2, 0.25) is 0 Å². The summed E-state index contributed by atoms with van der Waals surface area (Å²) in [5.74, 6) is -0.355. The molecule has 1 aliphatic rings. The molecule has 28 heteroatoms. The number of thioether (sulfide) groups is 1. The van der Waals surface area contributed by atoms with Crippen LogP contribution < -0.4 is 35.9 Å². The minimum Gasteiger partial charge on any atom is -0.790 e. The van der Waals surface area contributed by atoms with E-state index in [2.05, 4.69) is 57.3 Å². The van der Waals surface area contributed by atoms with E-state index >= 15 is 0 Å². The van der Waals surface area contributed by atoms with Gasteiger partial charge in [-0.2, -0.15) is 0 Å². The Labute approximate surface area is 382 Å². The Morgan fingerprint density at radius 1 is 0.908 bits per heavy atom. The number of carbonyl (C=O) groups excluding carboxylic acids is 3. The molecule has 0 bridgehead atoms. The van der Waals surface area contributed by atoms with Crippen molar-refractivity contribution >= 4 is 69.1 Å². The SMILES string of the molecule is CC(C)CCCCCCCCCCCCC(=O)SCCNC(=O)CCNC(=O)[C@H](O)C(C)(C)COP(=O)([O-])OP(=O)([O-])OC[C@H]1O[C@@H](n2cnc3c(N)ncnc32)[C@H](O)[C@@H]1OP(=O)([O-])[O-]. The van der Waals surface area contributed by atoms with Crippen molar-refractivity contribution in [1.29, 1.82) is 0 Å². The number of rotatable bonds is 32. The maximum Gasteiger partial charge on any atom is 0.274 e. The summed E-state index contributed by atoms with van der Waals surface area (Å²) in [5, 5.41) is 26.5. The zero-order chi connectivity index (χ0) is 48.4. The van der Waals surface area contributed by atoms with Crippen molar-refractivity contribution in [2.24, 2.45) is 11.3 Å². The van der Waals surface area contributed by atoms with E-state index in [0.29, 0.717) is 12.2 Å². The van der Waals surface area contributed by atoms with Gasteiger partial charge in [0.1, 0.15) is 36.3 Å². The number of hydrogen-bond donors (Lipinski definition) is 5. The van der Waals surface area contributed by atoms with Crippen LogP contribution in [0.25, 0.3) is 11.2 Å². The van der Waals surface area contributed by atoms with Crippen LogP contribution in [0.5, 0.6) is 0 Å². The Kier molecular flexibility index (Phi) is 23.6. The average Bonchev–Trinajstić information content (AvgIpc) is 3.77. The number of unbranched alkanes of at least 4 members (excludes halogenated alkanes) is 9. The average molecular weight is 1000 g/mol. The molecule has 0 aromatic carbocycles. The first-order valence-electron chi connectivity index (χ1n) is 21.4. The smallest absolute Gasteiger partial charge is 0.274 e. The Balaban J connectivity index is 1.33. The predicted molar refractivity (Wildman–Crippen MR) is 228 cm³/mol. The van der Waals surface area contributed by atoms with Crippen LogP contribution in [0.15, 0.2) is 12.7 Å². The number of hydrogen-bond acceptors (Lipinski definition) is 22. The molecule has 7 atom stereocenters. The van der Waals surface area contributed by atoms with Crippen molar-refractivity contribution in [3.63, 3.8) is 0 Å². The molecule has 1 saturated heterocycles. The van der Waals surface area contributed by atoms with E-state index in [-0.39, 0.29) is 41.6 Å². The maximum absolute atomic E-state index is 12.6. The van der Waals surface area contributed by atoms with Crippen LogP contribution in [0, 0.1) is 11.3 Å². The molecule has 3 rings (SSSR count). The fourth-order valence-corrected chi connectivity index (χ4v) is 10.0. The topological polar surface area (TPSA) is 375 Å². The van der Waals surface area contributed by atoms with Crippen LogP contribution >= 0.6 is 35.2 Å². The number of fused-ring (bicyclic) bond motifs is 1. The molecule has 2 unspecified atom stereocenters. The molecule has 24 nitrogen and oxygen atoms in total. The Morgan fingerprint density at radius 2 is 1.52 bits per heavy atom. The standard InChI is InChI=1S/C37H66N7O17P3S/c1-25(2)15-13-11-9-7-5-6-8-10-12-14-16-28(46)65-20-19-39-27(45)17-18-40-35(49)32(48)37(3,4)22-58-64(55,56)61-63(53,54)57-21-26-31(60-62(50,51)52)30(47)36(59-26)44-24-43-29-33(38)41-23-42-34(29)44/h23-26,30-32,36,47-48H,5-22H2,1-4H3,(H,39,45)(H,40,49)(H,53,54)(H,55,56)(H2,38,41,42)(H2,50,51,52)/p-4/t26-,30-,31-,32+,36-/m1/s1. The van der Waals surface area contributed by atoms with Crippen molar-refractivity contribution in [3.05, 3.63) is 12.7 Å². The van der Waals surface area contributed by atoms with E-state index in [1.54, 1.807) is 0 Å². The number of nitrogen functional groups attached to an aromatic ring is 1. The number of aliphatic hydroxyl groups is 2. The van der Waals surface area contributed by atoms with Gasteiger partial charge in [0.2, 0.25) is 11.8 Å². The lowest BCUT2D eigenvalue weighted by molar-refractivity contribution is -0.347. The zero-order valence-electron chi connectivity index (χ0n) is 37.0. The first kappa shape index (κ1) is 56.9. The molecule has 2 aromatic rings. The molecule has 65 heavy (non-hydrogen) atoms. The number of amides is 2. The third kappa shape index (κ3) is 20.8. The number of imidazole rings is 1. The van der Waals surface area contributed by atoms with Gasteiger partial charge in [-0.05, 0) is 12.3 Å². The summed E-state index contributed by atoms with van der Waals surface area (Å²) >= 11 is 1.14. The molecule has 3 heterocycles. The molecular formula is C37H62N7O17P3S-4. The molecule has 2 amide bonds. The van der Waals surface area contributed by atoms with Crippen molar-refractivity contribution < 1.29 is 80.5 Å². The lowest BCUT2D eigenvalue weighted by Crippen LogP contribution is -2.46. The van der Waals surface area contributed by atoms with Gasteiger partial charge < -0.3 is 69.0 Å². The summed E-state index contributed by atoms with van der Waals surface area (Å²) < 4.78 is 60.8. The molecule has 1 aliphatic heterocycles. The molecule has 2 aromatic heterocycles. The van der Waals surface area contributed by atoms with Crippen LogP contribution in [0.4, 0.5) is 5.82 Å². The number of phosphoric acid groups is 3. The number of ether oxygens (including phenoxy) is 1. The molecule has 0 radical (unpaired) electrons. The third-order valence-corrected chi connectivity index (χ3v) is 14.1. The lowest BCUT2D eigenvalue weighted by atomic mass is 9.87. The minimum atomic E-state index is -5.92. The summed E-state index contributed by atoms with van der Waals surface area (Å²) in [6, 6.07) is 0. The van der Waals surface area contributed by atoms with Gasteiger partial charge in [0, 0.05) is 37.1 Å². The second kappa shape index (κ2) is 26.9. The van der Waals surface area contributed by atoms with Gasteiger partial charge in [0.05, 0.1) is 27.4 Å². The summed E-state index contributed by atoms with van der Waals surface area (Å²) in [6.07, 6.45) is 6.06. The van der Waals surface area contributed by atoms with Gasteiger partial charge in [-0.1, -0.05) is 104 Å². The van der Waals surface area contributed by atoms with Gasteiger partial charge >= 0.3 is 0 Å². The predicted octanol–water partition coefficient (Wildman–Crippen LogP) is 1.47. The highest BCUT2D eigenvalue weighted by molar-refractivity contribution is 8.13. The largest absolute Gasteiger partial charge is 0.790 e. The van der Waals surface area contributed by atoms with Gasteiger partial charge in [0.25, 0.3) is 15.6 Å². The van der Waals surface area contributed by atoms with Gasteiger partial charge in [-0.15, -0.1) is 0 Å². The number of nitrogens with zero attached hydrogens (tertiary/aromatic N) is 4. The van der Waals surface area contributed by atoms with Gasteiger partial charge in [-0.3, -0.25) is 28.1 Å². The van der Waals surface area contributed by atoms with Crippen LogP contribution in [-0.2, 0) is 50.7 Å². The second-order valence-electron chi connectivity index (χ2n) is 16.7. The molecule has 0 spiro atoms. The number of aliphatic hydroxyl groups excluding tert-OH is 2. The summed E-state index contributed by atoms with van der Waals surface area (Å²) in [5.41, 5.74) is 4.09. The lowest BCUT2D eigenvalue weighted by Gasteiger charge is -2.36. The first-order chi connectivity index (χ1) is 30.4. The molecule has 0 aliphatic carbocycles. The maximum atomic E-state index is 12.6. The van der Waals surface area contributed by atoms with Gasteiger partial charge in [0.15, 0.2) is 22.8 Å². The fourth-order valence-electron chi connectivity index (χ4n) is 6.58. The molecular weight excluding hydrogens is 939 g/mol. The Hall–Kier alpha value is -2.44. The molecule has 372 valence electrons. The normalized spacial score (nSPS) is 20.4. The summed E-state index contributed by atoms with van der Waals surface area (Å²) in [6.45, 7) is 4.69. The second-order valence-corrected chi connectivity index (χ2v) is 21.9. The number of nitrogens with two attached hydrogens (primary N) is 1. The minimum absolute atomic E-state index is 0.0183. The fraction of sp³-hybridized carbons (Fsp3) is 0.784. The zero-order valence-corrected chi connectivity index (χ0v) is 40.5. The van der Waals surface area contributed by atoms with Crippen LogP contribution in [0.3, 0.4) is 0 Å². The number of aromatic nitrogens is 4. The Bertz CT molecular complexity index is 1980. The van der Waals surface area contributed by atoms with Crippen LogP contribution in [-0.4, -0.2) is 103 Å². The molecule has 1 fully saturated rings. The molecule has 6 N–H and O–H groups in total. The summed E-state index contributed by atoms with van der Waals surface area (Å²) in [7, 11) is -17.6. The number of carbonyl (C=O) groups is 3. The van der Waals surface area contributed by atoms with Crippen molar-refractivity contribution in [3.8, 4) is 0 Å². The first-order valence-corrected chi connectivity index (χ1v) is 26.8. The Morgan fingerprint density at radius 3 is 2.15 bits per heavy atom. The number of nitrogens with one attached hydrogen (secondary N) is 2. The van der Waals surface area contributed by atoms with E-state index in [4.69, 9.17) is 10.5 Å². The highest BCUT2D eigenvalue weighted by atomic mass is 32.2. The van der Waals surface area contributed by atoms with Gasteiger partial charge in [-0.25, -0.2) is 19.3 Å². The quantitative estimate of drug-likeness (QED) is 0.0512. The monoisotopic (exact) mass is 1000 g/mol. The van der Waals surface area contributed by atoms with E-state index < -0.39 is 84.6 Å². The van der Waals surface area contributed by atoms with Crippen molar-refractivity contribution in [2.75, 3.05) is 37.8 Å².